The minimum atomic E-state index is -1.89. The molecule has 0 heterocycles. The van der Waals surface area contributed by atoms with Crippen LogP contribution in [0.4, 0.5) is 0 Å². The van der Waals surface area contributed by atoms with Crippen LogP contribution < -0.4 is 5.32 Å². The summed E-state index contributed by atoms with van der Waals surface area (Å²) in [7, 11) is 1.16. The van der Waals surface area contributed by atoms with Crippen molar-refractivity contribution in [3.63, 3.8) is 0 Å². The van der Waals surface area contributed by atoms with Crippen LogP contribution in [-0.2, 0) is 19.1 Å². The van der Waals surface area contributed by atoms with Gasteiger partial charge in [-0.05, 0) is 19.1 Å². The van der Waals surface area contributed by atoms with Crippen molar-refractivity contribution in [1.82, 2.24) is 5.32 Å². The van der Waals surface area contributed by atoms with E-state index in [4.69, 9.17) is 4.74 Å². The minimum absolute atomic E-state index is 0.0334. The molecule has 118 valence electrons. The van der Waals surface area contributed by atoms with Gasteiger partial charge in [0.1, 0.15) is 0 Å². The lowest BCUT2D eigenvalue weighted by Crippen LogP contribution is -2.57. The fraction of sp³-hybridized carbons (Fsp3) is 0.312. The molecule has 1 amide bonds. The van der Waals surface area contributed by atoms with E-state index in [1.165, 1.54) is 0 Å². The van der Waals surface area contributed by atoms with E-state index < -0.39 is 23.6 Å². The van der Waals surface area contributed by atoms with Gasteiger partial charge >= 0.3 is 11.9 Å². The Hall–Kier alpha value is -2.63. The van der Waals surface area contributed by atoms with E-state index in [1.807, 2.05) is 0 Å². The van der Waals surface area contributed by atoms with E-state index in [2.05, 4.69) is 10.1 Å². The maximum atomic E-state index is 12.3. The van der Waals surface area contributed by atoms with E-state index in [1.54, 1.807) is 49.4 Å². The molecule has 1 unspecified atom stereocenters. The number of ether oxygens (including phenoxy) is 2. The standard InChI is InChI=1S/C16H19NO5/c1-4-5-11-16(15(20)21-3,22-12(2)18)17-14(19)13-9-7-6-8-10-13/h4-10H,11H2,1-3H3,(H,17,19). The Morgan fingerprint density at radius 1 is 1.23 bits per heavy atom. The van der Waals surface area contributed by atoms with Crippen LogP contribution in [-0.4, -0.2) is 30.7 Å². The molecule has 0 fully saturated rings. The molecule has 0 saturated heterocycles. The average Bonchev–Trinajstić information content (AvgIpc) is 2.52. The van der Waals surface area contributed by atoms with Crippen LogP contribution in [0.25, 0.3) is 0 Å². The van der Waals surface area contributed by atoms with Gasteiger partial charge in [-0.3, -0.25) is 9.59 Å². The van der Waals surface area contributed by atoms with Gasteiger partial charge in [-0.1, -0.05) is 30.4 Å². The van der Waals surface area contributed by atoms with Crippen LogP contribution in [0.15, 0.2) is 42.5 Å². The second-order valence-electron chi connectivity index (χ2n) is 4.51. The van der Waals surface area contributed by atoms with Crippen LogP contribution in [0, 0.1) is 0 Å². The van der Waals surface area contributed by atoms with Gasteiger partial charge in [-0.15, -0.1) is 0 Å². The Morgan fingerprint density at radius 3 is 2.36 bits per heavy atom. The fourth-order valence-electron chi connectivity index (χ4n) is 1.83. The maximum absolute atomic E-state index is 12.3. The van der Waals surface area contributed by atoms with Crippen LogP contribution in [0.5, 0.6) is 0 Å². The number of methoxy groups -OCH3 is 1. The first kappa shape index (κ1) is 17.4. The molecule has 6 heteroatoms. The Kier molecular flexibility index (Phi) is 6.31. The van der Waals surface area contributed by atoms with Crippen molar-refractivity contribution in [2.24, 2.45) is 0 Å². The zero-order chi connectivity index (χ0) is 16.6. The third-order valence-corrected chi connectivity index (χ3v) is 2.83. The van der Waals surface area contributed by atoms with Gasteiger partial charge in [-0.2, -0.15) is 0 Å². The number of hydrogen-bond donors (Lipinski definition) is 1. The molecule has 1 aromatic carbocycles. The third kappa shape index (κ3) is 4.44. The Labute approximate surface area is 129 Å². The predicted octanol–water partition coefficient (Wildman–Crippen LogP) is 1.81. The van der Waals surface area contributed by atoms with Crippen molar-refractivity contribution in [2.45, 2.75) is 26.0 Å². The molecule has 0 aromatic heterocycles. The van der Waals surface area contributed by atoms with Gasteiger partial charge in [0, 0.05) is 18.9 Å². The summed E-state index contributed by atoms with van der Waals surface area (Å²) in [4.78, 5) is 35.7. The molecule has 1 atom stereocenters. The lowest BCUT2D eigenvalue weighted by Gasteiger charge is -2.30. The highest BCUT2D eigenvalue weighted by molar-refractivity contribution is 5.98. The second-order valence-corrected chi connectivity index (χ2v) is 4.51. The summed E-state index contributed by atoms with van der Waals surface area (Å²) >= 11 is 0. The summed E-state index contributed by atoms with van der Waals surface area (Å²) in [6.45, 7) is 2.90. The van der Waals surface area contributed by atoms with Crippen LogP contribution in [0.1, 0.15) is 30.6 Å². The fourth-order valence-corrected chi connectivity index (χ4v) is 1.83. The van der Waals surface area contributed by atoms with E-state index in [9.17, 15) is 14.4 Å². The predicted molar refractivity (Wildman–Crippen MR) is 79.9 cm³/mol. The van der Waals surface area contributed by atoms with E-state index in [0.29, 0.717) is 5.56 Å². The maximum Gasteiger partial charge on any atom is 0.372 e. The zero-order valence-electron chi connectivity index (χ0n) is 12.8. The molecule has 1 rings (SSSR count). The van der Waals surface area contributed by atoms with Gasteiger partial charge < -0.3 is 14.8 Å². The highest BCUT2D eigenvalue weighted by Crippen LogP contribution is 2.18. The zero-order valence-corrected chi connectivity index (χ0v) is 12.8. The first-order chi connectivity index (χ1) is 10.4. The number of allylic oxidation sites excluding steroid dienone is 1. The van der Waals surface area contributed by atoms with Gasteiger partial charge in [0.05, 0.1) is 7.11 Å². The van der Waals surface area contributed by atoms with Crippen molar-refractivity contribution < 1.29 is 23.9 Å². The quantitative estimate of drug-likeness (QED) is 0.492. The number of esters is 2. The molecule has 22 heavy (non-hydrogen) atoms. The van der Waals surface area contributed by atoms with Crippen LogP contribution in [0.3, 0.4) is 0 Å². The van der Waals surface area contributed by atoms with Crippen molar-refractivity contribution in [3.8, 4) is 0 Å². The summed E-state index contributed by atoms with van der Waals surface area (Å²) < 4.78 is 9.77. The number of carbonyl (C=O) groups is 3. The summed E-state index contributed by atoms with van der Waals surface area (Å²) in [5.41, 5.74) is -1.55. The van der Waals surface area contributed by atoms with Gasteiger partial charge in [0.15, 0.2) is 0 Å². The first-order valence-electron chi connectivity index (χ1n) is 6.72. The van der Waals surface area contributed by atoms with Crippen molar-refractivity contribution in [2.75, 3.05) is 7.11 Å². The Balaban J connectivity index is 3.14. The minimum Gasteiger partial charge on any atom is -0.465 e. The molecule has 0 aliphatic heterocycles. The van der Waals surface area contributed by atoms with Gasteiger partial charge in [-0.25, -0.2) is 4.79 Å². The normalized spacial score (nSPS) is 13.2. The highest BCUT2D eigenvalue weighted by Gasteiger charge is 2.44. The Morgan fingerprint density at radius 2 is 1.86 bits per heavy atom. The number of carbonyl (C=O) groups excluding carboxylic acids is 3. The molecular formula is C16H19NO5. The molecule has 0 radical (unpaired) electrons. The summed E-state index contributed by atoms with van der Waals surface area (Å²) in [5.74, 6) is -2.11. The highest BCUT2D eigenvalue weighted by atomic mass is 16.6. The molecule has 0 saturated carbocycles. The first-order valence-corrected chi connectivity index (χ1v) is 6.72. The Bertz CT molecular complexity index is 567. The molecule has 6 nitrogen and oxygen atoms in total. The largest absolute Gasteiger partial charge is 0.465 e. The lowest BCUT2D eigenvalue weighted by molar-refractivity contribution is -0.182. The summed E-state index contributed by atoms with van der Waals surface area (Å²) in [6, 6.07) is 8.30. The van der Waals surface area contributed by atoms with Crippen molar-refractivity contribution in [1.29, 1.82) is 0 Å². The summed E-state index contributed by atoms with van der Waals surface area (Å²) in [5, 5.41) is 2.46. The van der Waals surface area contributed by atoms with Gasteiger partial charge in [0.25, 0.3) is 11.6 Å². The number of hydrogen-bond acceptors (Lipinski definition) is 5. The second kappa shape index (κ2) is 7.97. The number of benzene rings is 1. The molecule has 0 spiro atoms. The molecule has 1 N–H and O–H groups in total. The van der Waals surface area contributed by atoms with E-state index in [-0.39, 0.29) is 6.42 Å². The number of rotatable bonds is 6. The molecular weight excluding hydrogens is 286 g/mol. The van der Waals surface area contributed by atoms with Crippen molar-refractivity contribution in [3.05, 3.63) is 48.0 Å². The number of nitrogens with one attached hydrogen (secondary N) is 1. The van der Waals surface area contributed by atoms with E-state index in [0.717, 1.165) is 14.0 Å². The van der Waals surface area contributed by atoms with Crippen molar-refractivity contribution >= 4 is 17.8 Å². The lowest BCUT2D eigenvalue weighted by atomic mass is 10.1. The van der Waals surface area contributed by atoms with E-state index >= 15 is 0 Å². The monoisotopic (exact) mass is 305 g/mol. The molecule has 0 bridgehead atoms. The SMILES string of the molecule is CC=CCC(NC(=O)c1ccccc1)(OC(C)=O)C(=O)OC. The smallest absolute Gasteiger partial charge is 0.372 e. The molecule has 0 aliphatic rings. The average molecular weight is 305 g/mol. The van der Waals surface area contributed by atoms with Crippen LogP contribution >= 0.6 is 0 Å². The topological polar surface area (TPSA) is 81.7 Å². The molecule has 0 aliphatic carbocycles. The molecule has 1 aromatic rings. The summed E-state index contributed by atoms with van der Waals surface area (Å²) in [6.07, 6.45) is 3.25. The number of amides is 1. The van der Waals surface area contributed by atoms with Crippen LogP contribution in [0.2, 0.25) is 0 Å². The van der Waals surface area contributed by atoms with Gasteiger partial charge in [0.2, 0.25) is 0 Å². The third-order valence-electron chi connectivity index (χ3n) is 2.83.